The summed E-state index contributed by atoms with van der Waals surface area (Å²) in [5, 5.41) is 3.16. The number of benzene rings is 1. The number of hydrogen-bond acceptors (Lipinski definition) is 7. The number of alkyl halides is 3. The zero-order valence-electron chi connectivity index (χ0n) is 21.9. The third-order valence-electron chi connectivity index (χ3n) is 6.55. The minimum atomic E-state index is -4.59. The molecule has 0 saturated carbocycles. The topological polar surface area (TPSA) is 64.6 Å². The number of halogens is 3. The molecule has 2 heterocycles. The van der Waals surface area contributed by atoms with Gasteiger partial charge in [0.1, 0.15) is 12.1 Å². The number of carbonyl (C=O) groups is 1. The normalized spacial score (nSPS) is 16.1. The van der Waals surface area contributed by atoms with Crippen LogP contribution in [0.1, 0.15) is 12.5 Å². The Morgan fingerprint density at radius 3 is 2.34 bits per heavy atom. The lowest BCUT2D eigenvalue weighted by Crippen LogP contribution is -2.44. The van der Waals surface area contributed by atoms with Crippen molar-refractivity contribution >= 4 is 35.5 Å². The van der Waals surface area contributed by atoms with Crippen molar-refractivity contribution in [2.45, 2.75) is 19.1 Å². The van der Waals surface area contributed by atoms with E-state index in [-0.39, 0.29) is 11.5 Å². The van der Waals surface area contributed by atoms with Gasteiger partial charge in [0.15, 0.2) is 0 Å². The van der Waals surface area contributed by atoms with Crippen molar-refractivity contribution in [1.29, 1.82) is 0 Å². The molecule has 1 saturated heterocycles. The number of nitrogens with zero attached hydrogens (tertiary/aromatic N) is 5. The molecule has 3 rings (SSSR count). The lowest BCUT2D eigenvalue weighted by atomic mass is 9.99. The van der Waals surface area contributed by atoms with E-state index < -0.39 is 17.8 Å². The predicted molar refractivity (Wildman–Crippen MR) is 148 cm³/mol. The minimum absolute atomic E-state index is 0.0482. The molecular formula is C28H33F3N6O. The maximum absolute atomic E-state index is 13.6. The van der Waals surface area contributed by atoms with E-state index in [4.69, 9.17) is 0 Å². The van der Waals surface area contributed by atoms with Crippen molar-refractivity contribution < 1.29 is 18.0 Å². The Hall–Kier alpha value is -3.92. The summed E-state index contributed by atoms with van der Waals surface area (Å²) in [5.74, 6) is 0.602. The summed E-state index contributed by atoms with van der Waals surface area (Å²) in [6.07, 6.45) is 2.28. The molecule has 7 nitrogen and oxygen atoms in total. The molecule has 1 aliphatic rings. The fourth-order valence-electron chi connectivity index (χ4n) is 4.23. The standard InChI is InChI=1S/C28H33F3N6O/c1-6-24(25(7-2)28(29,30)31)20(3)36(5)26-21(9-8-18-38)19-32-27(34-26)33-22-10-12-23(13-11-22)37-16-14-35(4)15-17-37/h6-13,18-20H,1-2,14-17H2,3-5H3,(H,32,33,34)/b9-8-,25-24-. The first-order chi connectivity index (χ1) is 18.1. The molecule has 2 aromatic rings. The molecule has 0 bridgehead atoms. The summed E-state index contributed by atoms with van der Waals surface area (Å²) in [6, 6.07) is 7.15. The molecule has 38 heavy (non-hydrogen) atoms. The summed E-state index contributed by atoms with van der Waals surface area (Å²) in [4.78, 5) is 26.1. The number of hydrogen-bond donors (Lipinski definition) is 1. The van der Waals surface area contributed by atoms with Gasteiger partial charge in [-0.2, -0.15) is 18.2 Å². The van der Waals surface area contributed by atoms with E-state index in [1.165, 1.54) is 24.4 Å². The zero-order chi connectivity index (χ0) is 27.9. The molecule has 1 atom stereocenters. The smallest absolute Gasteiger partial charge is 0.369 e. The SMILES string of the molecule is C=C/C(=C(\C=C)C(F)(F)F)C(C)N(C)c1nc(Nc2ccc(N3CCN(C)CC3)cc2)ncc1/C=C\C=O. The average molecular weight is 527 g/mol. The summed E-state index contributed by atoms with van der Waals surface area (Å²) >= 11 is 0. The van der Waals surface area contributed by atoms with Crippen LogP contribution in [0.3, 0.4) is 0 Å². The van der Waals surface area contributed by atoms with Crippen LogP contribution in [-0.2, 0) is 4.79 Å². The lowest BCUT2D eigenvalue weighted by molar-refractivity contribution is -0.104. The number of aromatic nitrogens is 2. The van der Waals surface area contributed by atoms with E-state index in [2.05, 4.69) is 45.3 Å². The number of carbonyl (C=O) groups excluding carboxylic acids is 1. The number of aldehydes is 1. The van der Waals surface area contributed by atoms with Crippen molar-refractivity contribution in [3.8, 4) is 0 Å². The van der Waals surface area contributed by atoms with Crippen LogP contribution in [0.4, 0.5) is 36.3 Å². The van der Waals surface area contributed by atoms with Crippen LogP contribution in [0.25, 0.3) is 6.08 Å². The van der Waals surface area contributed by atoms with Crippen LogP contribution in [0.2, 0.25) is 0 Å². The first-order valence-electron chi connectivity index (χ1n) is 12.2. The van der Waals surface area contributed by atoms with Gasteiger partial charge in [0.25, 0.3) is 0 Å². The molecule has 0 spiro atoms. The minimum Gasteiger partial charge on any atom is -0.369 e. The molecule has 1 unspecified atom stereocenters. The Morgan fingerprint density at radius 1 is 1.13 bits per heavy atom. The molecule has 1 aliphatic heterocycles. The number of nitrogens with one attached hydrogen (secondary N) is 1. The molecule has 1 fully saturated rings. The summed E-state index contributed by atoms with van der Waals surface area (Å²) in [5.41, 5.74) is 1.44. The number of likely N-dealkylation sites (N-methyl/N-ethyl adjacent to an activating group) is 2. The van der Waals surface area contributed by atoms with Crippen LogP contribution >= 0.6 is 0 Å². The van der Waals surface area contributed by atoms with Crippen LogP contribution in [0.5, 0.6) is 0 Å². The van der Waals surface area contributed by atoms with Gasteiger partial charge in [0, 0.05) is 56.4 Å². The quantitative estimate of drug-likeness (QED) is 0.258. The van der Waals surface area contributed by atoms with Gasteiger partial charge >= 0.3 is 6.18 Å². The molecule has 1 aromatic heterocycles. The first-order valence-corrected chi connectivity index (χ1v) is 12.2. The highest BCUT2D eigenvalue weighted by molar-refractivity contribution is 5.77. The maximum Gasteiger partial charge on any atom is 0.416 e. The Bertz CT molecular complexity index is 1200. The van der Waals surface area contributed by atoms with Gasteiger partial charge in [-0.25, -0.2) is 4.98 Å². The van der Waals surface area contributed by atoms with Gasteiger partial charge in [-0.05, 0) is 56.0 Å². The van der Waals surface area contributed by atoms with E-state index in [0.29, 0.717) is 17.7 Å². The molecule has 1 N–H and O–H groups in total. The number of anilines is 4. The molecule has 0 amide bonds. The van der Waals surface area contributed by atoms with Crippen molar-refractivity contribution in [3.05, 3.63) is 78.6 Å². The summed E-state index contributed by atoms with van der Waals surface area (Å²) < 4.78 is 40.8. The largest absolute Gasteiger partial charge is 0.416 e. The van der Waals surface area contributed by atoms with Crippen molar-refractivity contribution in [1.82, 2.24) is 14.9 Å². The van der Waals surface area contributed by atoms with Gasteiger partial charge in [0.05, 0.1) is 11.6 Å². The third-order valence-corrected chi connectivity index (χ3v) is 6.55. The van der Waals surface area contributed by atoms with Crippen molar-refractivity contribution in [3.63, 3.8) is 0 Å². The fraction of sp³-hybridized carbons (Fsp3) is 0.321. The molecule has 1 aromatic carbocycles. The Labute approximate surface area is 221 Å². The summed E-state index contributed by atoms with van der Waals surface area (Å²) in [6.45, 7) is 12.5. The van der Waals surface area contributed by atoms with Crippen molar-refractivity contribution in [2.24, 2.45) is 0 Å². The van der Waals surface area contributed by atoms with Crippen LogP contribution < -0.4 is 15.1 Å². The second kappa shape index (κ2) is 12.6. The second-order valence-corrected chi connectivity index (χ2v) is 8.99. The van der Waals surface area contributed by atoms with Crippen LogP contribution in [0, 0.1) is 0 Å². The molecule has 202 valence electrons. The Morgan fingerprint density at radius 2 is 1.79 bits per heavy atom. The first kappa shape index (κ1) is 28.6. The highest BCUT2D eigenvalue weighted by atomic mass is 19.4. The molecular weight excluding hydrogens is 493 g/mol. The predicted octanol–water partition coefficient (Wildman–Crippen LogP) is 5.24. The van der Waals surface area contributed by atoms with Gasteiger partial charge in [-0.15, -0.1) is 0 Å². The second-order valence-electron chi connectivity index (χ2n) is 8.99. The van der Waals surface area contributed by atoms with Gasteiger partial charge in [-0.3, -0.25) is 4.79 Å². The van der Waals surface area contributed by atoms with Gasteiger partial charge in [-0.1, -0.05) is 25.3 Å². The monoisotopic (exact) mass is 526 g/mol. The average Bonchev–Trinajstić information content (AvgIpc) is 2.90. The summed E-state index contributed by atoms with van der Waals surface area (Å²) in [7, 11) is 3.74. The fourth-order valence-corrected chi connectivity index (χ4v) is 4.23. The van der Waals surface area contributed by atoms with E-state index in [0.717, 1.165) is 43.6 Å². The molecule has 0 aliphatic carbocycles. The highest BCUT2D eigenvalue weighted by Crippen LogP contribution is 2.33. The van der Waals surface area contributed by atoms with Gasteiger partial charge in [0.2, 0.25) is 5.95 Å². The number of allylic oxidation sites excluding steroid dienone is 3. The number of piperazine rings is 1. The van der Waals surface area contributed by atoms with Crippen molar-refractivity contribution in [2.75, 3.05) is 55.4 Å². The van der Waals surface area contributed by atoms with E-state index in [1.54, 1.807) is 18.9 Å². The maximum atomic E-state index is 13.6. The van der Waals surface area contributed by atoms with E-state index in [1.807, 2.05) is 24.3 Å². The Kier molecular flexibility index (Phi) is 9.46. The van der Waals surface area contributed by atoms with E-state index in [9.17, 15) is 18.0 Å². The van der Waals surface area contributed by atoms with Crippen LogP contribution in [-0.4, -0.2) is 73.6 Å². The molecule has 10 heteroatoms. The van der Waals surface area contributed by atoms with E-state index >= 15 is 0 Å². The van der Waals surface area contributed by atoms with Crippen LogP contribution in [0.15, 0.2) is 73.0 Å². The third kappa shape index (κ3) is 6.89. The highest BCUT2D eigenvalue weighted by Gasteiger charge is 2.35. The zero-order valence-corrected chi connectivity index (χ0v) is 21.9. The molecule has 0 radical (unpaired) electrons. The number of rotatable bonds is 10. The lowest BCUT2D eigenvalue weighted by Gasteiger charge is -2.34. The van der Waals surface area contributed by atoms with Gasteiger partial charge < -0.3 is 20.0 Å². The Balaban J connectivity index is 1.90.